The van der Waals surface area contributed by atoms with E-state index < -0.39 is 27.4 Å². The minimum absolute atomic E-state index is 0.0155. The van der Waals surface area contributed by atoms with Gasteiger partial charge in [-0.05, 0) is 59.7 Å². The molecule has 0 aliphatic carbocycles. The van der Waals surface area contributed by atoms with Crippen LogP contribution in [0, 0.1) is 5.82 Å². The van der Waals surface area contributed by atoms with Crippen molar-refractivity contribution >= 4 is 22.0 Å². The fourth-order valence-electron chi connectivity index (χ4n) is 4.26. The van der Waals surface area contributed by atoms with E-state index in [1.165, 1.54) is 105 Å². The van der Waals surface area contributed by atoms with Crippen molar-refractivity contribution in [2.24, 2.45) is 10.7 Å². The Bertz CT molecular complexity index is 1680. The molecule has 2 N–H and O–H groups in total. The lowest BCUT2D eigenvalue weighted by molar-refractivity contribution is -0.129. The molecule has 0 bridgehead atoms. The first-order valence-corrected chi connectivity index (χ1v) is 12.9. The molecule has 1 unspecified atom stereocenters. The molecule has 0 saturated carbocycles. The standard InChI is InChI=1S/C27H22FN5O5S/c1-33-25(34)27(32-26(33)29,19-5-12-24(28)23(13-19)17-14-30-16-31-15-17)18-3-6-21(7-4-18)38-39(35,36)22-10-8-20(37-2)9-11-22/h3-16H,1-2H3,(H2,29,32). The Balaban J connectivity index is 1.55. The third-order valence-electron chi connectivity index (χ3n) is 6.32. The van der Waals surface area contributed by atoms with Gasteiger partial charge in [0, 0.05) is 30.6 Å². The molecule has 0 saturated heterocycles. The van der Waals surface area contributed by atoms with Crippen molar-refractivity contribution < 1.29 is 26.5 Å². The summed E-state index contributed by atoms with van der Waals surface area (Å²) in [6, 6.07) is 15.8. The number of nitrogens with zero attached hydrogens (tertiary/aromatic N) is 4. The van der Waals surface area contributed by atoms with Gasteiger partial charge in [-0.15, -0.1) is 0 Å². The summed E-state index contributed by atoms with van der Waals surface area (Å²) in [5.74, 6) is -0.523. The summed E-state index contributed by atoms with van der Waals surface area (Å²) in [7, 11) is -1.18. The zero-order chi connectivity index (χ0) is 27.8. The Morgan fingerprint density at radius 1 is 0.923 bits per heavy atom. The predicted molar refractivity (Wildman–Crippen MR) is 140 cm³/mol. The summed E-state index contributed by atoms with van der Waals surface area (Å²) in [6.07, 6.45) is 4.24. The van der Waals surface area contributed by atoms with Crippen molar-refractivity contribution in [2.45, 2.75) is 10.4 Å². The molecule has 5 rings (SSSR count). The topological polar surface area (TPSA) is 137 Å². The number of carbonyl (C=O) groups excluding carboxylic acids is 1. The number of aromatic nitrogens is 2. The fourth-order valence-corrected chi connectivity index (χ4v) is 5.19. The first-order valence-electron chi connectivity index (χ1n) is 11.5. The maximum Gasteiger partial charge on any atom is 0.339 e. The molecule has 0 fully saturated rings. The van der Waals surface area contributed by atoms with Gasteiger partial charge >= 0.3 is 10.1 Å². The lowest BCUT2D eigenvalue weighted by Crippen LogP contribution is -2.41. The average molecular weight is 548 g/mol. The van der Waals surface area contributed by atoms with Crippen LogP contribution in [0.5, 0.6) is 11.5 Å². The largest absolute Gasteiger partial charge is 0.497 e. The Morgan fingerprint density at radius 3 is 2.13 bits per heavy atom. The summed E-state index contributed by atoms with van der Waals surface area (Å²) in [5, 5.41) is 0. The number of hydrogen-bond acceptors (Lipinski definition) is 9. The van der Waals surface area contributed by atoms with Crippen molar-refractivity contribution in [3.63, 3.8) is 0 Å². The second kappa shape index (κ2) is 9.80. The molecule has 10 nitrogen and oxygen atoms in total. The molecule has 0 radical (unpaired) electrons. The van der Waals surface area contributed by atoms with Gasteiger partial charge in [0.1, 0.15) is 28.5 Å². The lowest BCUT2D eigenvalue weighted by atomic mass is 9.81. The number of ether oxygens (including phenoxy) is 1. The van der Waals surface area contributed by atoms with Crippen LogP contribution < -0.4 is 14.7 Å². The third-order valence-corrected chi connectivity index (χ3v) is 7.58. The predicted octanol–water partition coefficient (Wildman–Crippen LogP) is 3.09. The molecule has 1 amide bonds. The Labute approximate surface area is 223 Å². The van der Waals surface area contributed by atoms with Gasteiger partial charge in [-0.3, -0.25) is 9.69 Å². The fraction of sp³-hybridized carbons (Fsp3) is 0.111. The SMILES string of the molecule is COc1ccc(S(=O)(=O)Oc2ccc(C3(c4ccc(F)c(-c5cncnc5)c4)N=C(N)N(C)C3=O)cc2)cc1. The highest BCUT2D eigenvalue weighted by Gasteiger charge is 2.49. The summed E-state index contributed by atoms with van der Waals surface area (Å²) in [5.41, 5.74) is 5.70. The van der Waals surface area contributed by atoms with Crippen molar-refractivity contribution in [3.05, 3.63) is 102 Å². The smallest absolute Gasteiger partial charge is 0.339 e. The van der Waals surface area contributed by atoms with Gasteiger partial charge in [-0.2, -0.15) is 8.42 Å². The molecule has 1 atom stereocenters. The number of rotatable bonds is 7. The minimum Gasteiger partial charge on any atom is -0.497 e. The number of aliphatic imine (C=N–C) groups is 1. The zero-order valence-electron chi connectivity index (χ0n) is 20.8. The van der Waals surface area contributed by atoms with E-state index in [9.17, 15) is 17.6 Å². The van der Waals surface area contributed by atoms with Crippen LogP contribution in [-0.2, 0) is 20.5 Å². The molecular weight excluding hydrogens is 525 g/mol. The number of halogens is 1. The minimum atomic E-state index is -4.14. The van der Waals surface area contributed by atoms with Gasteiger partial charge in [-0.25, -0.2) is 19.4 Å². The van der Waals surface area contributed by atoms with Crippen LogP contribution in [0.4, 0.5) is 4.39 Å². The molecule has 198 valence electrons. The molecule has 4 aromatic rings. The normalized spacial score (nSPS) is 17.2. The highest BCUT2D eigenvalue weighted by atomic mass is 32.2. The van der Waals surface area contributed by atoms with Crippen LogP contribution in [-0.4, -0.2) is 49.3 Å². The quantitative estimate of drug-likeness (QED) is 0.349. The highest BCUT2D eigenvalue weighted by Crippen LogP contribution is 2.41. The number of guanidine groups is 1. The van der Waals surface area contributed by atoms with E-state index in [1.807, 2.05) is 0 Å². The molecular formula is C27H22FN5O5S. The Kier molecular flexibility index (Phi) is 6.48. The Morgan fingerprint density at radius 2 is 1.54 bits per heavy atom. The van der Waals surface area contributed by atoms with E-state index in [2.05, 4.69) is 15.0 Å². The van der Waals surface area contributed by atoms with Gasteiger partial charge in [-0.1, -0.05) is 18.2 Å². The molecule has 2 heterocycles. The van der Waals surface area contributed by atoms with E-state index in [4.69, 9.17) is 14.7 Å². The van der Waals surface area contributed by atoms with E-state index in [1.54, 1.807) is 0 Å². The molecule has 0 spiro atoms. The van der Waals surface area contributed by atoms with Crippen LogP contribution >= 0.6 is 0 Å². The first-order chi connectivity index (χ1) is 18.7. The molecule has 39 heavy (non-hydrogen) atoms. The van der Waals surface area contributed by atoms with E-state index >= 15 is 0 Å². The maximum absolute atomic E-state index is 14.8. The first kappa shape index (κ1) is 25.8. The second-order valence-corrected chi connectivity index (χ2v) is 10.2. The number of nitrogens with two attached hydrogens (primary N) is 1. The van der Waals surface area contributed by atoms with Crippen molar-refractivity contribution in [2.75, 3.05) is 14.2 Å². The van der Waals surface area contributed by atoms with Crippen LogP contribution in [0.1, 0.15) is 11.1 Å². The number of methoxy groups -OCH3 is 1. The maximum atomic E-state index is 14.8. The molecule has 3 aromatic carbocycles. The lowest BCUT2D eigenvalue weighted by Gasteiger charge is -2.27. The van der Waals surface area contributed by atoms with Crippen LogP contribution in [0.15, 0.2) is 95.3 Å². The molecule has 12 heteroatoms. The van der Waals surface area contributed by atoms with Gasteiger partial charge in [0.2, 0.25) is 0 Å². The number of amides is 1. The van der Waals surface area contributed by atoms with Gasteiger partial charge in [0.15, 0.2) is 11.5 Å². The summed E-state index contributed by atoms with van der Waals surface area (Å²) in [4.78, 5) is 27.1. The van der Waals surface area contributed by atoms with Crippen molar-refractivity contribution in [1.29, 1.82) is 0 Å². The highest BCUT2D eigenvalue weighted by molar-refractivity contribution is 7.87. The van der Waals surface area contributed by atoms with Gasteiger partial charge in [0.05, 0.1) is 7.11 Å². The molecule has 1 aliphatic heterocycles. The van der Waals surface area contributed by atoms with E-state index in [-0.39, 0.29) is 22.2 Å². The summed E-state index contributed by atoms with van der Waals surface area (Å²) < 4.78 is 50.7. The average Bonchev–Trinajstić information content (AvgIpc) is 3.18. The monoisotopic (exact) mass is 547 g/mol. The van der Waals surface area contributed by atoms with Crippen LogP contribution in [0.3, 0.4) is 0 Å². The number of hydrogen-bond donors (Lipinski definition) is 1. The third kappa shape index (κ3) is 4.55. The van der Waals surface area contributed by atoms with E-state index in [0.717, 1.165) is 0 Å². The van der Waals surface area contributed by atoms with Crippen molar-refractivity contribution in [3.8, 4) is 22.6 Å². The number of benzene rings is 3. The van der Waals surface area contributed by atoms with Gasteiger partial charge < -0.3 is 14.7 Å². The van der Waals surface area contributed by atoms with Crippen LogP contribution in [0.25, 0.3) is 11.1 Å². The van der Waals surface area contributed by atoms with E-state index in [0.29, 0.717) is 22.4 Å². The number of carbonyl (C=O) groups is 1. The Hall–Kier alpha value is -4.84. The van der Waals surface area contributed by atoms with Crippen LogP contribution in [0.2, 0.25) is 0 Å². The van der Waals surface area contributed by atoms with Crippen molar-refractivity contribution in [1.82, 2.24) is 14.9 Å². The number of likely N-dealkylation sites (N-methyl/N-ethyl adjacent to an activating group) is 1. The summed E-state index contributed by atoms with van der Waals surface area (Å²) >= 11 is 0. The zero-order valence-corrected chi connectivity index (χ0v) is 21.6. The van der Waals surface area contributed by atoms with Gasteiger partial charge in [0.25, 0.3) is 5.91 Å². The molecule has 1 aliphatic rings. The second-order valence-electron chi connectivity index (χ2n) is 8.60. The summed E-state index contributed by atoms with van der Waals surface area (Å²) in [6.45, 7) is 0. The molecule has 1 aromatic heterocycles.